The molecule has 0 saturated heterocycles. The quantitative estimate of drug-likeness (QED) is 0.355. The first-order valence-corrected chi connectivity index (χ1v) is 14.2. The largest absolute Gasteiger partial charge is 0.490 e. The van der Waals surface area contributed by atoms with Crippen LogP contribution in [0, 0.1) is 13.8 Å². The van der Waals surface area contributed by atoms with Crippen LogP contribution in [0.15, 0.2) is 60.7 Å². The van der Waals surface area contributed by atoms with Gasteiger partial charge < -0.3 is 14.8 Å². The van der Waals surface area contributed by atoms with E-state index in [1.165, 1.54) is 10.6 Å². The molecule has 0 heterocycles. The van der Waals surface area contributed by atoms with Crippen molar-refractivity contribution >= 4 is 21.6 Å². The van der Waals surface area contributed by atoms with E-state index >= 15 is 0 Å². The number of nitrogens with zero attached hydrogens (tertiary/aromatic N) is 1. The molecule has 198 valence electrons. The van der Waals surface area contributed by atoms with Crippen molar-refractivity contribution in [1.82, 2.24) is 5.32 Å². The number of benzene rings is 3. The second-order valence-electron chi connectivity index (χ2n) is 9.02. The Morgan fingerprint density at radius 2 is 1.57 bits per heavy atom. The van der Waals surface area contributed by atoms with Gasteiger partial charge in [0, 0.05) is 5.56 Å². The molecular weight excluding hydrogens is 488 g/mol. The van der Waals surface area contributed by atoms with E-state index in [0.717, 1.165) is 22.3 Å². The van der Waals surface area contributed by atoms with Gasteiger partial charge >= 0.3 is 0 Å². The molecule has 0 fully saturated rings. The molecule has 0 aliphatic rings. The minimum atomic E-state index is -3.51. The summed E-state index contributed by atoms with van der Waals surface area (Å²) in [5.41, 5.74) is 4.68. The first-order valence-electron chi connectivity index (χ1n) is 12.4. The minimum absolute atomic E-state index is 0.174. The summed E-state index contributed by atoms with van der Waals surface area (Å²) in [6.45, 7) is 10.8. The van der Waals surface area contributed by atoms with Crippen molar-refractivity contribution < 1.29 is 22.7 Å². The molecular formula is C29H36N2O5S. The number of carbonyl (C=O) groups excluding carboxylic acids is 1. The van der Waals surface area contributed by atoms with Gasteiger partial charge in [-0.25, -0.2) is 8.42 Å². The number of nitrogens with one attached hydrogen (secondary N) is 1. The smallest absolute Gasteiger partial charge is 0.251 e. The van der Waals surface area contributed by atoms with Gasteiger partial charge in [-0.05, 0) is 87.2 Å². The van der Waals surface area contributed by atoms with E-state index in [9.17, 15) is 13.2 Å². The van der Waals surface area contributed by atoms with Crippen LogP contribution >= 0.6 is 0 Å². The Morgan fingerprint density at radius 1 is 0.919 bits per heavy atom. The van der Waals surface area contributed by atoms with E-state index in [4.69, 9.17) is 9.47 Å². The Bertz CT molecular complexity index is 1340. The third-order valence-corrected chi connectivity index (χ3v) is 7.12. The molecule has 0 unspecified atom stereocenters. The average Bonchev–Trinajstić information content (AvgIpc) is 2.85. The summed E-state index contributed by atoms with van der Waals surface area (Å²) in [4.78, 5) is 12.9. The number of sulfonamides is 1. The standard InChI is InChI=1S/C29H36N2O5S/c1-7-35-27-16-15-25(18-28(27)36-8-2)22(5)30-29(32)24-13-11-23(12-14-24)19-31(37(6,33)34)26-17-20(3)9-10-21(26)4/h9-18,22H,7-8,19H2,1-6H3,(H,30,32)/t22-/m0/s1. The van der Waals surface area contributed by atoms with Crippen LogP contribution in [0.4, 0.5) is 5.69 Å². The lowest BCUT2D eigenvalue weighted by molar-refractivity contribution is 0.0939. The molecule has 3 rings (SSSR count). The second kappa shape index (κ2) is 12.1. The van der Waals surface area contributed by atoms with E-state index in [1.807, 2.05) is 71.0 Å². The number of anilines is 1. The molecule has 0 aromatic heterocycles. The summed E-state index contributed by atoms with van der Waals surface area (Å²) in [7, 11) is -3.51. The zero-order valence-electron chi connectivity index (χ0n) is 22.4. The molecule has 37 heavy (non-hydrogen) atoms. The van der Waals surface area contributed by atoms with Crippen LogP contribution in [-0.4, -0.2) is 33.8 Å². The van der Waals surface area contributed by atoms with Gasteiger partial charge in [-0.1, -0.05) is 30.3 Å². The maximum absolute atomic E-state index is 12.9. The monoisotopic (exact) mass is 524 g/mol. The molecule has 0 aliphatic heterocycles. The zero-order valence-corrected chi connectivity index (χ0v) is 23.2. The SMILES string of the molecule is CCOc1ccc([C@H](C)NC(=O)c2ccc(CN(c3cc(C)ccc3C)S(C)(=O)=O)cc2)cc1OCC. The predicted octanol–water partition coefficient (Wildman–Crippen LogP) is 5.56. The van der Waals surface area contributed by atoms with Crippen LogP contribution in [0.25, 0.3) is 0 Å². The lowest BCUT2D eigenvalue weighted by atomic mass is 10.1. The summed E-state index contributed by atoms with van der Waals surface area (Å²) in [5.74, 6) is 1.10. The molecule has 0 saturated carbocycles. The van der Waals surface area contributed by atoms with Crippen molar-refractivity contribution in [2.24, 2.45) is 0 Å². The number of hydrogen-bond acceptors (Lipinski definition) is 5. The van der Waals surface area contributed by atoms with E-state index in [0.29, 0.717) is 36.0 Å². The van der Waals surface area contributed by atoms with Gasteiger partial charge in [-0.15, -0.1) is 0 Å². The number of amides is 1. The van der Waals surface area contributed by atoms with Gasteiger partial charge in [0.25, 0.3) is 5.91 Å². The van der Waals surface area contributed by atoms with Crippen molar-refractivity contribution in [2.75, 3.05) is 23.8 Å². The highest BCUT2D eigenvalue weighted by Crippen LogP contribution is 2.31. The summed E-state index contributed by atoms with van der Waals surface area (Å²) >= 11 is 0. The highest BCUT2D eigenvalue weighted by molar-refractivity contribution is 7.92. The maximum Gasteiger partial charge on any atom is 0.251 e. The van der Waals surface area contributed by atoms with Crippen molar-refractivity contribution in [3.05, 3.63) is 88.5 Å². The van der Waals surface area contributed by atoms with Crippen LogP contribution < -0.4 is 19.1 Å². The minimum Gasteiger partial charge on any atom is -0.490 e. The number of rotatable bonds is 11. The van der Waals surface area contributed by atoms with Crippen molar-refractivity contribution in [1.29, 1.82) is 0 Å². The number of ether oxygens (including phenoxy) is 2. The van der Waals surface area contributed by atoms with E-state index < -0.39 is 10.0 Å². The molecule has 0 spiro atoms. The topological polar surface area (TPSA) is 84.9 Å². The highest BCUT2D eigenvalue weighted by Gasteiger charge is 2.20. The zero-order chi connectivity index (χ0) is 27.2. The van der Waals surface area contributed by atoms with Crippen molar-refractivity contribution in [3.8, 4) is 11.5 Å². The third-order valence-electron chi connectivity index (χ3n) is 5.99. The maximum atomic E-state index is 12.9. The molecule has 3 aromatic carbocycles. The first-order chi connectivity index (χ1) is 17.5. The fourth-order valence-electron chi connectivity index (χ4n) is 4.00. The van der Waals surface area contributed by atoms with Gasteiger partial charge in [0.05, 0.1) is 37.7 Å². The summed E-state index contributed by atoms with van der Waals surface area (Å²) in [6.07, 6.45) is 1.20. The summed E-state index contributed by atoms with van der Waals surface area (Å²) in [5, 5.41) is 3.02. The summed E-state index contributed by atoms with van der Waals surface area (Å²) < 4.78 is 37.9. The molecule has 0 radical (unpaired) electrons. The third kappa shape index (κ3) is 7.26. The Kier molecular flexibility index (Phi) is 9.21. The van der Waals surface area contributed by atoms with Crippen LogP contribution in [0.1, 0.15) is 59.4 Å². The van der Waals surface area contributed by atoms with Crippen molar-refractivity contribution in [3.63, 3.8) is 0 Å². The van der Waals surface area contributed by atoms with Crippen LogP contribution in [-0.2, 0) is 16.6 Å². The van der Waals surface area contributed by atoms with Crippen LogP contribution in [0.2, 0.25) is 0 Å². The van der Waals surface area contributed by atoms with Crippen LogP contribution in [0.3, 0.4) is 0 Å². The van der Waals surface area contributed by atoms with Gasteiger partial charge in [-0.2, -0.15) is 0 Å². The van der Waals surface area contributed by atoms with Crippen LogP contribution in [0.5, 0.6) is 11.5 Å². The number of aryl methyl sites for hydroxylation is 2. The van der Waals surface area contributed by atoms with E-state index in [1.54, 1.807) is 24.3 Å². The van der Waals surface area contributed by atoms with E-state index in [2.05, 4.69) is 5.32 Å². The average molecular weight is 525 g/mol. The Hall–Kier alpha value is -3.52. The van der Waals surface area contributed by atoms with Gasteiger partial charge in [-0.3, -0.25) is 9.10 Å². The Balaban J connectivity index is 1.74. The molecule has 1 atom stereocenters. The predicted molar refractivity (Wildman–Crippen MR) is 148 cm³/mol. The van der Waals surface area contributed by atoms with Gasteiger partial charge in [0.15, 0.2) is 11.5 Å². The van der Waals surface area contributed by atoms with Gasteiger partial charge in [0.2, 0.25) is 10.0 Å². The molecule has 7 nitrogen and oxygen atoms in total. The highest BCUT2D eigenvalue weighted by atomic mass is 32.2. The molecule has 1 amide bonds. The molecule has 0 bridgehead atoms. The Morgan fingerprint density at radius 3 is 2.19 bits per heavy atom. The van der Waals surface area contributed by atoms with Crippen molar-refractivity contribution in [2.45, 2.75) is 47.2 Å². The Labute approximate surface area is 220 Å². The normalized spacial score (nSPS) is 12.1. The fourth-order valence-corrected chi connectivity index (χ4v) is 4.93. The molecule has 8 heteroatoms. The fraction of sp³-hybridized carbons (Fsp3) is 0.345. The second-order valence-corrected chi connectivity index (χ2v) is 10.9. The lowest BCUT2D eigenvalue weighted by Crippen LogP contribution is -2.30. The van der Waals surface area contributed by atoms with E-state index in [-0.39, 0.29) is 18.5 Å². The lowest BCUT2D eigenvalue weighted by Gasteiger charge is -2.25. The number of carbonyl (C=O) groups is 1. The summed E-state index contributed by atoms with van der Waals surface area (Å²) in [6, 6.07) is 18.1. The first kappa shape index (κ1) is 28.1. The molecule has 0 aliphatic carbocycles. The molecule has 1 N–H and O–H groups in total. The van der Waals surface area contributed by atoms with Gasteiger partial charge in [0.1, 0.15) is 0 Å². The molecule has 3 aromatic rings. The number of hydrogen-bond donors (Lipinski definition) is 1.